The van der Waals surface area contributed by atoms with E-state index in [2.05, 4.69) is 24.2 Å². The fraction of sp³-hybridized carbons (Fsp3) is 0.500. The molecular formula is C18H23FN4O2. The molecule has 7 heteroatoms. The third-order valence-electron chi connectivity index (χ3n) is 4.47. The smallest absolute Gasteiger partial charge is 0.276 e. The van der Waals surface area contributed by atoms with E-state index < -0.39 is 6.10 Å². The van der Waals surface area contributed by atoms with Crippen molar-refractivity contribution < 1.29 is 14.3 Å². The number of hydrogen-bond donors (Lipinski definition) is 1. The van der Waals surface area contributed by atoms with E-state index in [1.807, 2.05) is 0 Å². The van der Waals surface area contributed by atoms with Gasteiger partial charge in [0.25, 0.3) is 5.91 Å². The number of β-amino-alcohol motifs (C(OH)–C–C–N with tert-alkyl or cyclic N) is 1. The molecule has 2 heterocycles. The number of amides is 1. The Kier molecular flexibility index (Phi) is 5.13. The average molecular weight is 346 g/mol. The lowest BCUT2D eigenvalue weighted by Crippen LogP contribution is -2.32. The Hall–Kier alpha value is -2.28. The van der Waals surface area contributed by atoms with E-state index in [0.29, 0.717) is 24.4 Å². The molecule has 2 aromatic rings. The van der Waals surface area contributed by atoms with E-state index in [9.17, 15) is 14.3 Å². The predicted molar refractivity (Wildman–Crippen MR) is 90.3 cm³/mol. The van der Waals surface area contributed by atoms with Gasteiger partial charge in [0, 0.05) is 13.1 Å². The van der Waals surface area contributed by atoms with Crippen LogP contribution in [-0.2, 0) is 6.54 Å². The molecule has 1 N–H and O–H groups in total. The van der Waals surface area contributed by atoms with Crippen molar-refractivity contribution in [2.75, 3.05) is 6.54 Å². The largest absolute Gasteiger partial charge is 0.391 e. The van der Waals surface area contributed by atoms with Gasteiger partial charge in [-0.15, -0.1) is 5.10 Å². The van der Waals surface area contributed by atoms with Crippen molar-refractivity contribution in [3.8, 4) is 0 Å². The van der Waals surface area contributed by atoms with Crippen molar-refractivity contribution in [2.24, 2.45) is 5.92 Å². The number of carbonyl (C=O) groups excluding carboxylic acids is 1. The molecule has 1 fully saturated rings. The van der Waals surface area contributed by atoms with Crippen LogP contribution in [-0.4, -0.2) is 43.6 Å². The zero-order chi connectivity index (χ0) is 18.0. The Labute approximate surface area is 146 Å². The van der Waals surface area contributed by atoms with E-state index in [0.717, 1.165) is 6.42 Å². The molecule has 0 saturated carbocycles. The predicted octanol–water partition coefficient (Wildman–Crippen LogP) is 2.41. The quantitative estimate of drug-likeness (QED) is 0.902. The van der Waals surface area contributed by atoms with Crippen LogP contribution in [0.5, 0.6) is 0 Å². The van der Waals surface area contributed by atoms with Gasteiger partial charge in [0.05, 0.1) is 18.3 Å². The summed E-state index contributed by atoms with van der Waals surface area (Å²) in [6.07, 6.45) is 2.34. The van der Waals surface area contributed by atoms with E-state index in [1.54, 1.807) is 27.9 Å². The summed E-state index contributed by atoms with van der Waals surface area (Å²) in [6, 6.07) is 5.79. The number of aliphatic hydroxyl groups excluding tert-OH is 1. The summed E-state index contributed by atoms with van der Waals surface area (Å²) >= 11 is 0. The van der Waals surface area contributed by atoms with Crippen LogP contribution in [0.3, 0.4) is 0 Å². The fourth-order valence-electron chi connectivity index (χ4n) is 3.11. The van der Waals surface area contributed by atoms with Crippen molar-refractivity contribution >= 4 is 5.91 Å². The zero-order valence-corrected chi connectivity index (χ0v) is 14.5. The normalized spacial score (nSPS) is 20.4. The van der Waals surface area contributed by atoms with Gasteiger partial charge in [0.2, 0.25) is 0 Å². The third kappa shape index (κ3) is 4.04. The number of nitrogens with zero attached hydrogens (tertiary/aromatic N) is 4. The minimum Gasteiger partial charge on any atom is -0.391 e. The molecule has 1 aromatic heterocycles. The van der Waals surface area contributed by atoms with Crippen LogP contribution in [0.4, 0.5) is 4.39 Å². The number of aryl methyl sites for hydroxylation is 1. The highest BCUT2D eigenvalue weighted by Crippen LogP contribution is 2.33. The van der Waals surface area contributed by atoms with Crippen LogP contribution in [0, 0.1) is 11.7 Å². The van der Waals surface area contributed by atoms with Gasteiger partial charge in [-0.25, -0.2) is 4.39 Å². The van der Waals surface area contributed by atoms with E-state index >= 15 is 0 Å². The van der Waals surface area contributed by atoms with Gasteiger partial charge in [-0.2, -0.15) is 0 Å². The summed E-state index contributed by atoms with van der Waals surface area (Å²) in [5.74, 6) is -0.109. The van der Waals surface area contributed by atoms with Crippen molar-refractivity contribution in [2.45, 2.75) is 45.4 Å². The van der Waals surface area contributed by atoms with E-state index in [1.165, 1.54) is 12.1 Å². The van der Waals surface area contributed by atoms with Crippen molar-refractivity contribution in [1.29, 1.82) is 0 Å². The summed E-state index contributed by atoms with van der Waals surface area (Å²) in [4.78, 5) is 14.4. The van der Waals surface area contributed by atoms with Crippen LogP contribution in [0.15, 0.2) is 30.5 Å². The summed E-state index contributed by atoms with van der Waals surface area (Å²) in [5, 5.41) is 18.0. The summed E-state index contributed by atoms with van der Waals surface area (Å²) < 4.78 is 15.2. The highest BCUT2D eigenvalue weighted by molar-refractivity contribution is 5.92. The minimum atomic E-state index is -0.631. The molecule has 134 valence electrons. The number of likely N-dealkylation sites (tertiary alicyclic amines) is 1. The van der Waals surface area contributed by atoms with Crippen LogP contribution in [0.25, 0.3) is 0 Å². The minimum absolute atomic E-state index is 0.207. The Bertz CT molecular complexity index is 746. The molecule has 1 aliphatic rings. The molecule has 2 atom stereocenters. The molecular weight excluding hydrogens is 323 g/mol. The monoisotopic (exact) mass is 346 g/mol. The highest BCUT2D eigenvalue weighted by Gasteiger charge is 2.36. The number of rotatable bonds is 5. The van der Waals surface area contributed by atoms with Gasteiger partial charge >= 0.3 is 0 Å². The average Bonchev–Trinajstić information content (AvgIpc) is 3.19. The second-order valence-electron chi connectivity index (χ2n) is 6.97. The maximum Gasteiger partial charge on any atom is 0.276 e. The summed E-state index contributed by atoms with van der Waals surface area (Å²) in [5.41, 5.74) is 0.927. The number of carbonyl (C=O) groups is 1. The Morgan fingerprint density at radius 3 is 2.96 bits per heavy atom. The molecule has 1 saturated heterocycles. The Morgan fingerprint density at radius 2 is 2.24 bits per heavy atom. The van der Waals surface area contributed by atoms with Crippen LogP contribution in [0.1, 0.15) is 48.8 Å². The number of halogens is 1. The standard InChI is InChI=1S/C18H23FN4O2/c1-12(2)6-7-22-11-16(20-21-22)18(25)23-10-15(24)9-17(23)13-4-3-5-14(19)8-13/h3-5,8,11-12,15,17,24H,6-7,9-10H2,1-2H3/t15-,17+/m1/s1. The first-order valence-corrected chi connectivity index (χ1v) is 8.58. The van der Waals surface area contributed by atoms with Gasteiger partial charge in [-0.05, 0) is 36.5 Å². The maximum atomic E-state index is 13.5. The summed E-state index contributed by atoms with van der Waals surface area (Å²) in [6.45, 7) is 5.16. The Balaban J connectivity index is 1.78. The summed E-state index contributed by atoms with van der Waals surface area (Å²) in [7, 11) is 0. The SMILES string of the molecule is CC(C)CCn1cc(C(=O)N2C[C@H](O)C[C@H]2c2cccc(F)c2)nn1. The van der Waals surface area contributed by atoms with Gasteiger partial charge in [0.15, 0.2) is 5.69 Å². The molecule has 1 amide bonds. The number of aliphatic hydroxyl groups is 1. The molecule has 6 nitrogen and oxygen atoms in total. The lowest BCUT2D eigenvalue weighted by molar-refractivity contribution is 0.0709. The lowest BCUT2D eigenvalue weighted by Gasteiger charge is -2.23. The van der Waals surface area contributed by atoms with Gasteiger partial charge in [-0.1, -0.05) is 31.2 Å². The number of hydrogen-bond acceptors (Lipinski definition) is 4. The first-order valence-electron chi connectivity index (χ1n) is 8.58. The maximum absolute atomic E-state index is 13.5. The molecule has 0 bridgehead atoms. The zero-order valence-electron chi connectivity index (χ0n) is 14.5. The van der Waals surface area contributed by atoms with Gasteiger partial charge in [0.1, 0.15) is 5.82 Å². The van der Waals surface area contributed by atoms with Gasteiger partial charge < -0.3 is 10.0 Å². The second-order valence-corrected chi connectivity index (χ2v) is 6.97. The molecule has 1 aliphatic heterocycles. The fourth-order valence-corrected chi connectivity index (χ4v) is 3.11. The van der Waals surface area contributed by atoms with Crippen molar-refractivity contribution in [1.82, 2.24) is 19.9 Å². The number of aromatic nitrogens is 3. The molecule has 0 aliphatic carbocycles. The first-order chi connectivity index (χ1) is 11.9. The molecule has 25 heavy (non-hydrogen) atoms. The lowest BCUT2D eigenvalue weighted by atomic mass is 10.0. The van der Waals surface area contributed by atoms with Crippen LogP contribution >= 0.6 is 0 Å². The molecule has 1 aromatic carbocycles. The topological polar surface area (TPSA) is 71.2 Å². The highest BCUT2D eigenvalue weighted by atomic mass is 19.1. The first kappa shape index (κ1) is 17.5. The van der Waals surface area contributed by atoms with Crippen molar-refractivity contribution in [3.63, 3.8) is 0 Å². The third-order valence-corrected chi connectivity index (χ3v) is 4.47. The van der Waals surface area contributed by atoms with Crippen LogP contribution in [0.2, 0.25) is 0 Å². The molecule has 3 rings (SSSR count). The number of benzene rings is 1. The second kappa shape index (κ2) is 7.31. The van der Waals surface area contributed by atoms with E-state index in [4.69, 9.17) is 0 Å². The van der Waals surface area contributed by atoms with Crippen molar-refractivity contribution in [3.05, 3.63) is 47.5 Å². The van der Waals surface area contributed by atoms with Gasteiger partial charge in [-0.3, -0.25) is 9.48 Å². The van der Waals surface area contributed by atoms with Crippen LogP contribution < -0.4 is 0 Å². The molecule has 0 radical (unpaired) electrons. The Morgan fingerprint density at radius 1 is 1.44 bits per heavy atom. The molecule has 0 spiro atoms. The molecule has 0 unspecified atom stereocenters. The van der Waals surface area contributed by atoms with E-state index in [-0.39, 0.29) is 30.0 Å².